The van der Waals surface area contributed by atoms with Gasteiger partial charge in [0.15, 0.2) is 17.6 Å². The number of nitrogens with zero attached hydrogens (tertiary/aromatic N) is 3. The third kappa shape index (κ3) is 3.18. The molecule has 0 fully saturated rings. The highest BCUT2D eigenvalue weighted by molar-refractivity contribution is 6.34. The van der Waals surface area contributed by atoms with E-state index in [9.17, 15) is 13.6 Å². The Balaban J connectivity index is 1.67. The summed E-state index contributed by atoms with van der Waals surface area (Å²) in [6, 6.07) is 15.2. The smallest absolute Gasteiger partial charge is 0.357 e. The molecule has 5 nitrogen and oxygen atoms in total. The largest absolute Gasteiger partial charge is 0.450 e. The molecule has 1 unspecified atom stereocenters. The van der Waals surface area contributed by atoms with Crippen LogP contribution in [0, 0.1) is 0 Å². The van der Waals surface area contributed by atoms with Gasteiger partial charge in [-0.1, -0.05) is 48.0 Å². The summed E-state index contributed by atoms with van der Waals surface area (Å²) >= 11 is 6.15. The number of alkyl halides is 2. The van der Waals surface area contributed by atoms with Crippen LogP contribution in [0.3, 0.4) is 0 Å². The van der Waals surface area contributed by atoms with Crippen LogP contribution < -0.4 is 0 Å². The summed E-state index contributed by atoms with van der Waals surface area (Å²) in [4.78, 5) is 20.8. The molecule has 0 radical (unpaired) electrons. The van der Waals surface area contributed by atoms with Crippen LogP contribution in [-0.4, -0.2) is 20.5 Å². The van der Waals surface area contributed by atoms with Crippen LogP contribution in [0.4, 0.5) is 8.78 Å². The standard InChI is InChI=1S/C20H14ClF2N3O2/c1-11(18-25-14-8-4-5-9-16(14)26(18)20(22)23)28-19(27)15-10-12-6-2-3-7-13(12)17(21)24-15/h2-11,20H,1H3. The molecule has 0 amide bonds. The Labute approximate surface area is 163 Å². The monoisotopic (exact) mass is 401 g/mol. The molecule has 142 valence electrons. The molecule has 0 aliphatic heterocycles. The van der Waals surface area contributed by atoms with Gasteiger partial charge in [0.05, 0.1) is 11.0 Å². The second-order valence-corrected chi connectivity index (χ2v) is 6.53. The van der Waals surface area contributed by atoms with Gasteiger partial charge >= 0.3 is 12.5 Å². The third-order valence-corrected chi connectivity index (χ3v) is 4.66. The summed E-state index contributed by atoms with van der Waals surface area (Å²) in [6.07, 6.45) is -1.01. The first-order valence-electron chi connectivity index (χ1n) is 8.47. The molecule has 2 aromatic heterocycles. The van der Waals surface area contributed by atoms with Crippen LogP contribution >= 0.6 is 11.6 Å². The maximum absolute atomic E-state index is 13.6. The normalized spacial score (nSPS) is 12.6. The number of hydrogen-bond donors (Lipinski definition) is 0. The Morgan fingerprint density at radius 2 is 1.82 bits per heavy atom. The predicted octanol–water partition coefficient (Wildman–Crippen LogP) is 5.55. The van der Waals surface area contributed by atoms with Gasteiger partial charge in [-0.3, -0.25) is 4.57 Å². The quantitative estimate of drug-likeness (QED) is 0.332. The molecule has 0 aliphatic rings. The first-order valence-corrected chi connectivity index (χ1v) is 8.85. The van der Waals surface area contributed by atoms with Crippen molar-refractivity contribution in [2.75, 3.05) is 0 Å². The van der Waals surface area contributed by atoms with Crippen molar-refractivity contribution in [1.29, 1.82) is 0 Å². The molecule has 0 saturated heterocycles. The minimum Gasteiger partial charge on any atom is -0.450 e. The Morgan fingerprint density at radius 3 is 2.61 bits per heavy atom. The van der Waals surface area contributed by atoms with Crippen LogP contribution in [0.15, 0.2) is 54.6 Å². The Hall–Kier alpha value is -3.06. The van der Waals surface area contributed by atoms with E-state index in [0.717, 1.165) is 9.95 Å². The van der Waals surface area contributed by atoms with Crippen molar-refractivity contribution in [2.45, 2.75) is 19.6 Å². The van der Waals surface area contributed by atoms with Crippen LogP contribution in [0.25, 0.3) is 21.8 Å². The number of esters is 1. The van der Waals surface area contributed by atoms with Crippen molar-refractivity contribution in [2.24, 2.45) is 0 Å². The first-order chi connectivity index (χ1) is 13.5. The van der Waals surface area contributed by atoms with Gasteiger partial charge in [0.1, 0.15) is 5.15 Å². The van der Waals surface area contributed by atoms with E-state index in [-0.39, 0.29) is 22.2 Å². The molecule has 0 saturated carbocycles. The number of halogens is 3. The molecule has 0 bridgehead atoms. The molecule has 1 atom stereocenters. The molecule has 8 heteroatoms. The molecular formula is C20H14ClF2N3O2. The second-order valence-electron chi connectivity index (χ2n) is 6.17. The highest BCUT2D eigenvalue weighted by Gasteiger charge is 2.25. The lowest BCUT2D eigenvalue weighted by molar-refractivity contribution is 0.0227. The molecule has 2 heterocycles. The zero-order chi connectivity index (χ0) is 19.8. The average molecular weight is 402 g/mol. The van der Waals surface area contributed by atoms with Gasteiger partial charge in [-0.05, 0) is 30.5 Å². The number of carbonyl (C=O) groups excluding carboxylic acids is 1. The molecule has 4 rings (SSSR count). The van der Waals surface area contributed by atoms with E-state index in [1.165, 1.54) is 13.0 Å². The van der Waals surface area contributed by atoms with Crippen molar-refractivity contribution >= 4 is 39.4 Å². The molecule has 0 aliphatic carbocycles. The van der Waals surface area contributed by atoms with Gasteiger partial charge < -0.3 is 4.74 Å². The van der Waals surface area contributed by atoms with E-state index in [0.29, 0.717) is 10.9 Å². The lowest BCUT2D eigenvalue weighted by atomic mass is 10.1. The molecular weight excluding hydrogens is 388 g/mol. The summed E-state index contributed by atoms with van der Waals surface area (Å²) in [6.45, 7) is -1.34. The summed E-state index contributed by atoms with van der Waals surface area (Å²) in [7, 11) is 0. The van der Waals surface area contributed by atoms with Gasteiger partial charge in [0, 0.05) is 5.39 Å². The highest BCUT2D eigenvalue weighted by Crippen LogP contribution is 2.29. The second kappa shape index (κ2) is 7.16. The zero-order valence-electron chi connectivity index (χ0n) is 14.6. The van der Waals surface area contributed by atoms with Crippen LogP contribution in [0.2, 0.25) is 5.15 Å². The SMILES string of the molecule is CC(OC(=O)c1cc2ccccc2c(Cl)n1)c1nc2ccccc2n1C(F)F. The van der Waals surface area contributed by atoms with Crippen molar-refractivity contribution < 1.29 is 18.3 Å². The van der Waals surface area contributed by atoms with Crippen molar-refractivity contribution in [1.82, 2.24) is 14.5 Å². The summed E-state index contributed by atoms with van der Waals surface area (Å²) in [5, 5.41) is 1.59. The van der Waals surface area contributed by atoms with E-state index in [2.05, 4.69) is 9.97 Å². The van der Waals surface area contributed by atoms with Gasteiger partial charge in [0.25, 0.3) is 0 Å². The Bertz CT molecular complexity index is 1190. The molecule has 2 aromatic carbocycles. The van der Waals surface area contributed by atoms with E-state index in [1.807, 2.05) is 6.07 Å². The number of imidazole rings is 1. The fraction of sp³-hybridized carbons (Fsp3) is 0.150. The fourth-order valence-corrected chi connectivity index (χ4v) is 3.35. The Morgan fingerprint density at radius 1 is 1.11 bits per heavy atom. The summed E-state index contributed by atoms with van der Waals surface area (Å²) in [5.74, 6) is -0.815. The summed E-state index contributed by atoms with van der Waals surface area (Å²) < 4.78 is 33.3. The number of para-hydroxylation sites is 2. The number of hydrogen-bond acceptors (Lipinski definition) is 4. The van der Waals surface area contributed by atoms with Gasteiger partial charge in [-0.25, -0.2) is 14.8 Å². The average Bonchev–Trinajstić information content (AvgIpc) is 3.08. The maximum Gasteiger partial charge on any atom is 0.357 e. The van der Waals surface area contributed by atoms with Crippen molar-refractivity contribution in [3.05, 3.63) is 71.3 Å². The fourth-order valence-electron chi connectivity index (χ4n) is 3.09. The van der Waals surface area contributed by atoms with Crippen LogP contribution in [0.5, 0.6) is 0 Å². The van der Waals surface area contributed by atoms with Crippen molar-refractivity contribution in [3.63, 3.8) is 0 Å². The third-order valence-electron chi connectivity index (χ3n) is 4.37. The predicted molar refractivity (Wildman–Crippen MR) is 102 cm³/mol. The Kier molecular flexibility index (Phi) is 4.68. The lowest BCUT2D eigenvalue weighted by Crippen LogP contribution is -2.15. The van der Waals surface area contributed by atoms with Crippen LogP contribution in [-0.2, 0) is 4.74 Å². The number of ether oxygens (including phenoxy) is 1. The topological polar surface area (TPSA) is 57.0 Å². The highest BCUT2D eigenvalue weighted by atomic mass is 35.5. The van der Waals surface area contributed by atoms with E-state index >= 15 is 0 Å². The van der Waals surface area contributed by atoms with Crippen LogP contribution in [0.1, 0.15) is 35.9 Å². The van der Waals surface area contributed by atoms with Gasteiger partial charge in [0.2, 0.25) is 0 Å². The van der Waals surface area contributed by atoms with E-state index in [4.69, 9.17) is 16.3 Å². The van der Waals surface area contributed by atoms with Gasteiger partial charge in [-0.2, -0.15) is 8.78 Å². The molecule has 0 N–H and O–H groups in total. The number of fused-ring (bicyclic) bond motifs is 2. The minimum absolute atomic E-state index is 0.00439. The van der Waals surface area contributed by atoms with Gasteiger partial charge in [-0.15, -0.1) is 0 Å². The summed E-state index contributed by atoms with van der Waals surface area (Å²) in [5.41, 5.74) is 0.658. The number of rotatable bonds is 4. The number of pyridine rings is 1. The molecule has 4 aromatic rings. The first kappa shape index (κ1) is 18.3. The minimum atomic E-state index is -2.82. The molecule has 0 spiro atoms. The lowest BCUT2D eigenvalue weighted by Gasteiger charge is -2.15. The number of benzene rings is 2. The maximum atomic E-state index is 13.6. The molecule has 28 heavy (non-hydrogen) atoms. The van der Waals surface area contributed by atoms with E-state index in [1.54, 1.807) is 42.5 Å². The number of carbonyl (C=O) groups is 1. The van der Waals surface area contributed by atoms with Crippen molar-refractivity contribution in [3.8, 4) is 0 Å². The number of aromatic nitrogens is 3. The zero-order valence-corrected chi connectivity index (χ0v) is 15.4. The van der Waals surface area contributed by atoms with E-state index < -0.39 is 18.6 Å².